The van der Waals surface area contributed by atoms with Crippen molar-refractivity contribution in [1.82, 2.24) is 0 Å². The van der Waals surface area contributed by atoms with Gasteiger partial charge in [-0.1, -0.05) is 5.57 Å². The van der Waals surface area contributed by atoms with E-state index in [0.717, 1.165) is 37.0 Å². The molecule has 0 aromatic rings. The largest absolute Gasteiger partial charge is 0.550 e. The molecule has 3 heteroatoms. The SMILES string of the molecule is CC(C)=CC[N+]12CCC[C@@H]1[C@@H](C(=O)[O-])CC2. The first-order chi connectivity index (χ1) is 7.55. The molecule has 0 saturated carbocycles. The van der Waals surface area contributed by atoms with E-state index in [1.807, 2.05) is 0 Å². The number of nitrogens with zero attached hydrogens (tertiary/aromatic N) is 1. The predicted octanol–water partition coefficient (Wildman–Crippen LogP) is 0.702. The Morgan fingerprint density at radius 3 is 2.75 bits per heavy atom. The van der Waals surface area contributed by atoms with Crippen LogP contribution in [0.3, 0.4) is 0 Å². The van der Waals surface area contributed by atoms with Gasteiger partial charge in [-0.25, -0.2) is 0 Å². The molecule has 0 bridgehead atoms. The zero-order valence-corrected chi connectivity index (χ0v) is 10.2. The molecule has 0 N–H and O–H groups in total. The summed E-state index contributed by atoms with van der Waals surface area (Å²) in [6.45, 7) is 7.40. The lowest BCUT2D eigenvalue weighted by molar-refractivity contribution is -0.923. The van der Waals surface area contributed by atoms with Gasteiger partial charge in [-0.15, -0.1) is 0 Å². The topological polar surface area (TPSA) is 40.1 Å². The number of rotatable bonds is 3. The summed E-state index contributed by atoms with van der Waals surface area (Å²) in [6.07, 6.45) is 5.31. The Labute approximate surface area is 97.3 Å². The zero-order valence-electron chi connectivity index (χ0n) is 10.2. The third-order valence-electron chi connectivity index (χ3n) is 4.32. The Morgan fingerprint density at radius 2 is 2.12 bits per heavy atom. The monoisotopic (exact) mass is 223 g/mol. The number of fused-ring (bicyclic) bond motifs is 1. The second-order valence-electron chi connectivity index (χ2n) is 5.55. The molecule has 1 unspecified atom stereocenters. The summed E-state index contributed by atoms with van der Waals surface area (Å²) in [5, 5.41) is 11.1. The van der Waals surface area contributed by atoms with E-state index >= 15 is 0 Å². The summed E-state index contributed by atoms with van der Waals surface area (Å²) >= 11 is 0. The van der Waals surface area contributed by atoms with Crippen LogP contribution in [0.4, 0.5) is 0 Å². The van der Waals surface area contributed by atoms with Crippen molar-refractivity contribution >= 4 is 5.97 Å². The fourth-order valence-corrected chi connectivity index (χ4v) is 3.46. The van der Waals surface area contributed by atoms with Gasteiger partial charge in [0.1, 0.15) is 0 Å². The third kappa shape index (κ3) is 1.88. The Hall–Kier alpha value is -0.830. The van der Waals surface area contributed by atoms with E-state index in [9.17, 15) is 9.90 Å². The van der Waals surface area contributed by atoms with Gasteiger partial charge in [0.25, 0.3) is 0 Å². The average molecular weight is 223 g/mol. The summed E-state index contributed by atoms with van der Waals surface area (Å²) in [5.74, 6) is -1.03. The van der Waals surface area contributed by atoms with Crippen LogP contribution in [0, 0.1) is 5.92 Å². The van der Waals surface area contributed by atoms with E-state index in [2.05, 4.69) is 19.9 Å². The maximum atomic E-state index is 11.1. The van der Waals surface area contributed by atoms with Crippen molar-refractivity contribution in [3.8, 4) is 0 Å². The van der Waals surface area contributed by atoms with Gasteiger partial charge in [0.15, 0.2) is 0 Å². The molecule has 0 spiro atoms. The van der Waals surface area contributed by atoms with Crippen molar-refractivity contribution in [3.05, 3.63) is 11.6 Å². The van der Waals surface area contributed by atoms with Crippen molar-refractivity contribution in [2.45, 2.75) is 39.2 Å². The van der Waals surface area contributed by atoms with Gasteiger partial charge in [-0.3, -0.25) is 0 Å². The van der Waals surface area contributed by atoms with Crippen LogP contribution < -0.4 is 5.11 Å². The van der Waals surface area contributed by atoms with Crippen molar-refractivity contribution < 1.29 is 14.4 Å². The average Bonchev–Trinajstić information content (AvgIpc) is 2.71. The van der Waals surface area contributed by atoms with E-state index in [-0.39, 0.29) is 5.92 Å². The maximum absolute atomic E-state index is 11.1. The number of hydrogen-bond acceptors (Lipinski definition) is 2. The number of carbonyl (C=O) groups is 1. The summed E-state index contributed by atoms with van der Waals surface area (Å²) in [4.78, 5) is 11.1. The van der Waals surface area contributed by atoms with Crippen molar-refractivity contribution in [3.63, 3.8) is 0 Å². The van der Waals surface area contributed by atoms with Crippen LogP contribution in [0.1, 0.15) is 33.1 Å². The molecular formula is C13H21NO2. The normalized spacial score (nSPS) is 37.1. The van der Waals surface area contributed by atoms with Gasteiger partial charge in [0.05, 0.1) is 37.6 Å². The number of aliphatic carboxylic acids is 1. The lowest BCUT2D eigenvalue weighted by atomic mass is 9.98. The van der Waals surface area contributed by atoms with Gasteiger partial charge < -0.3 is 14.4 Å². The number of hydrogen-bond donors (Lipinski definition) is 0. The molecule has 0 aliphatic carbocycles. The lowest BCUT2D eigenvalue weighted by Crippen LogP contribution is -2.51. The molecule has 90 valence electrons. The smallest absolute Gasteiger partial charge is 0.0978 e. The van der Waals surface area contributed by atoms with Crippen LogP contribution in [0.2, 0.25) is 0 Å². The van der Waals surface area contributed by atoms with E-state index < -0.39 is 5.97 Å². The fourth-order valence-electron chi connectivity index (χ4n) is 3.46. The molecule has 2 saturated heterocycles. The van der Waals surface area contributed by atoms with Crippen molar-refractivity contribution in [1.29, 1.82) is 0 Å². The molecule has 0 aromatic carbocycles. The zero-order chi connectivity index (χ0) is 11.8. The highest BCUT2D eigenvalue weighted by atomic mass is 16.4. The van der Waals surface area contributed by atoms with Gasteiger partial charge in [0.2, 0.25) is 0 Å². The second kappa shape index (κ2) is 4.21. The number of quaternary nitrogens is 1. The van der Waals surface area contributed by atoms with Crippen LogP contribution in [-0.4, -0.2) is 36.1 Å². The maximum Gasteiger partial charge on any atom is 0.0978 e. The number of carbonyl (C=O) groups excluding carboxylic acids is 1. The van der Waals surface area contributed by atoms with Crippen LogP contribution >= 0.6 is 0 Å². The molecule has 0 radical (unpaired) electrons. The van der Waals surface area contributed by atoms with Crippen LogP contribution in [0.25, 0.3) is 0 Å². The number of carboxylic acids is 1. The highest BCUT2D eigenvalue weighted by molar-refractivity contribution is 5.68. The van der Waals surface area contributed by atoms with E-state index in [1.54, 1.807) is 0 Å². The van der Waals surface area contributed by atoms with Crippen molar-refractivity contribution in [2.24, 2.45) is 5.92 Å². The second-order valence-corrected chi connectivity index (χ2v) is 5.55. The molecule has 2 rings (SSSR count). The lowest BCUT2D eigenvalue weighted by Gasteiger charge is -2.35. The van der Waals surface area contributed by atoms with Gasteiger partial charge in [-0.2, -0.15) is 0 Å². The van der Waals surface area contributed by atoms with E-state index in [1.165, 1.54) is 12.0 Å². The molecule has 2 aliphatic heterocycles. The summed E-state index contributed by atoms with van der Waals surface area (Å²) < 4.78 is 1.00. The molecule has 3 nitrogen and oxygen atoms in total. The van der Waals surface area contributed by atoms with E-state index in [0.29, 0.717) is 6.04 Å². The standard InChI is InChI=1S/C13H21NO2/c1-10(2)5-8-14-7-3-4-12(14)11(6-9-14)13(15)16/h5,11-12H,3-4,6-9H2,1-2H3/t11-,12+,14?/m0/s1. The molecule has 2 heterocycles. The Bertz CT molecular complexity index is 320. The van der Waals surface area contributed by atoms with Crippen LogP contribution in [-0.2, 0) is 4.79 Å². The minimum Gasteiger partial charge on any atom is -0.550 e. The molecule has 2 aliphatic rings. The summed E-state index contributed by atoms with van der Waals surface area (Å²) in [7, 11) is 0. The predicted molar refractivity (Wildman–Crippen MR) is 60.4 cm³/mol. The number of allylic oxidation sites excluding steroid dienone is 1. The van der Waals surface area contributed by atoms with Gasteiger partial charge in [0, 0.05) is 19.3 Å². The molecule has 0 aromatic heterocycles. The third-order valence-corrected chi connectivity index (χ3v) is 4.32. The molecular weight excluding hydrogens is 202 g/mol. The quantitative estimate of drug-likeness (QED) is 0.522. The molecule has 3 atom stereocenters. The van der Waals surface area contributed by atoms with Crippen LogP contribution in [0.5, 0.6) is 0 Å². The highest BCUT2D eigenvalue weighted by Gasteiger charge is 2.50. The minimum absolute atomic E-state index is 0.201. The van der Waals surface area contributed by atoms with E-state index in [4.69, 9.17) is 0 Å². The molecule has 2 fully saturated rings. The Morgan fingerprint density at radius 1 is 1.38 bits per heavy atom. The Balaban J connectivity index is 2.15. The molecule has 0 amide bonds. The first-order valence-corrected chi connectivity index (χ1v) is 6.25. The van der Waals surface area contributed by atoms with Crippen molar-refractivity contribution in [2.75, 3.05) is 19.6 Å². The van der Waals surface area contributed by atoms with Gasteiger partial charge >= 0.3 is 0 Å². The summed E-state index contributed by atoms with van der Waals surface area (Å²) in [6, 6.07) is 0.320. The first-order valence-electron chi connectivity index (χ1n) is 6.25. The van der Waals surface area contributed by atoms with Gasteiger partial charge in [-0.05, 0) is 19.9 Å². The fraction of sp³-hybridized carbons (Fsp3) is 0.769. The minimum atomic E-state index is -0.830. The summed E-state index contributed by atoms with van der Waals surface area (Å²) in [5.41, 5.74) is 1.33. The Kier molecular flexibility index (Phi) is 3.06. The highest BCUT2D eigenvalue weighted by Crippen LogP contribution is 2.40. The molecule has 16 heavy (non-hydrogen) atoms. The first kappa shape index (κ1) is 11.6. The van der Waals surface area contributed by atoms with Crippen LogP contribution in [0.15, 0.2) is 11.6 Å². The number of carboxylic acid groups (broad SMARTS) is 1.